The largest absolute Gasteiger partial charge is 0.335 e. The van der Waals surface area contributed by atoms with Crippen molar-refractivity contribution >= 4 is 0 Å². The van der Waals surface area contributed by atoms with Gasteiger partial charge in [-0.1, -0.05) is 52.4 Å². The van der Waals surface area contributed by atoms with Crippen LogP contribution in [0, 0.1) is 0 Å². The number of nitrogens with zero attached hydrogens (tertiary/aromatic N) is 2. The average Bonchev–Trinajstić information content (AvgIpc) is 2.75. The molecular weight excluding hydrogens is 196 g/mol. The standard InChI is InChI=1S/C14H26N2/c1-3-5-6-7-8-9-10-12-16-13-11-15-14(16)4-2/h11,13H,3-10,12H2,1-2H3. The molecule has 0 amide bonds. The van der Waals surface area contributed by atoms with Gasteiger partial charge in [0, 0.05) is 25.4 Å². The van der Waals surface area contributed by atoms with Crippen LogP contribution in [0.2, 0.25) is 0 Å². The zero-order valence-electron chi connectivity index (χ0n) is 10.9. The second kappa shape index (κ2) is 8.37. The van der Waals surface area contributed by atoms with Crippen LogP contribution in [0.15, 0.2) is 12.4 Å². The number of imidazole rings is 1. The van der Waals surface area contributed by atoms with Crippen LogP contribution in [0.3, 0.4) is 0 Å². The van der Waals surface area contributed by atoms with Crippen LogP contribution >= 0.6 is 0 Å². The first-order valence-corrected chi connectivity index (χ1v) is 6.88. The summed E-state index contributed by atoms with van der Waals surface area (Å²) in [5.74, 6) is 1.23. The van der Waals surface area contributed by atoms with Crippen LogP contribution in [0.4, 0.5) is 0 Å². The molecule has 0 saturated heterocycles. The molecule has 0 unspecified atom stereocenters. The van der Waals surface area contributed by atoms with E-state index in [-0.39, 0.29) is 0 Å². The van der Waals surface area contributed by atoms with Gasteiger partial charge in [-0.05, 0) is 6.42 Å². The van der Waals surface area contributed by atoms with E-state index in [0.29, 0.717) is 0 Å². The van der Waals surface area contributed by atoms with Gasteiger partial charge in [0.05, 0.1) is 0 Å². The van der Waals surface area contributed by atoms with Crippen molar-refractivity contribution in [2.75, 3.05) is 0 Å². The van der Waals surface area contributed by atoms with Crippen molar-refractivity contribution in [1.29, 1.82) is 0 Å². The molecule has 0 aromatic carbocycles. The molecule has 2 heteroatoms. The van der Waals surface area contributed by atoms with E-state index in [0.717, 1.165) is 13.0 Å². The third kappa shape index (κ3) is 4.82. The summed E-state index contributed by atoms with van der Waals surface area (Å²) in [6.45, 7) is 5.59. The van der Waals surface area contributed by atoms with Crippen LogP contribution in [0.5, 0.6) is 0 Å². The van der Waals surface area contributed by atoms with Gasteiger partial charge in [-0.25, -0.2) is 4.98 Å². The molecule has 0 N–H and O–H groups in total. The fourth-order valence-corrected chi connectivity index (χ4v) is 2.10. The highest BCUT2D eigenvalue weighted by Crippen LogP contribution is 2.08. The Morgan fingerprint density at radius 3 is 2.38 bits per heavy atom. The van der Waals surface area contributed by atoms with E-state index in [4.69, 9.17) is 0 Å². The predicted molar refractivity (Wildman–Crippen MR) is 69.6 cm³/mol. The number of rotatable bonds is 9. The maximum absolute atomic E-state index is 4.34. The van der Waals surface area contributed by atoms with Gasteiger partial charge in [-0.2, -0.15) is 0 Å². The Morgan fingerprint density at radius 2 is 1.69 bits per heavy atom. The van der Waals surface area contributed by atoms with Gasteiger partial charge in [-0.3, -0.25) is 0 Å². The van der Waals surface area contributed by atoms with Gasteiger partial charge in [0.2, 0.25) is 0 Å². The van der Waals surface area contributed by atoms with Crippen molar-refractivity contribution in [3.05, 3.63) is 18.2 Å². The minimum atomic E-state index is 1.05. The monoisotopic (exact) mass is 222 g/mol. The first-order valence-electron chi connectivity index (χ1n) is 6.88. The summed E-state index contributed by atoms with van der Waals surface area (Å²) < 4.78 is 2.30. The molecule has 0 atom stereocenters. The van der Waals surface area contributed by atoms with Crippen molar-refractivity contribution in [2.45, 2.75) is 71.8 Å². The highest BCUT2D eigenvalue weighted by atomic mass is 15.1. The minimum Gasteiger partial charge on any atom is -0.335 e. The van der Waals surface area contributed by atoms with Gasteiger partial charge < -0.3 is 4.57 Å². The molecule has 0 saturated carbocycles. The third-order valence-corrected chi connectivity index (χ3v) is 3.12. The molecule has 0 aliphatic heterocycles. The highest BCUT2D eigenvalue weighted by molar-refractivity contribution is 4.91. The first kappa shape index (κ1) is 13.3. The number of hydrogen-bond acceptors (Lipinski definition) is 1. The van der Waals surface area contributed by atoms with Crippen LogP contribution in [0.1, 0.15) is 64.6 Å². The fraction of sp³-hybridized carbons (Fsp3) is 0.786. The zero-order chi connectivity index (χ0) is 11.6. The van der Waals surface area contributed by atoms with Crippen molar-refractivity contribution < 1.29 is 0 Å². The Hall–Kier alpha value is -0.790. The van der Waals surface area contributed by atoms with E-state index in [1.807, 2.05) is 6.20 Å². The normalized spacial score (nSPS) is 10.9. The van der Waals surface area contributed by atoms with Gasteiger partial charge >= 0.3 is 0 Å². The summed E-state index contributed by atoms with van der Waals surface area (Å²) in [5.41, 5.74) is 0. The number of aromatic nitrogens is 2. The van der Waals surface area contributed by atoms with Crippen LogP contribution in [0.25, 0.3) is 0 Å². The number of unbranched alkanes of at least 4 members (excludes halogenated alkanes) is 6. The Bertz CT molecular complexity index is 265. The Kier molecular flexibility index (Phi) is 6.95. The van der Waals surface area contributed by atoms with Crippen LogP contribution < -0.4 is 0 Å². The zero-order valence-corrected chi connectivity index (χ0v) is 10.9. The second-order valence-corrected chi connectivity index (χ2v) is 4.51. The molecule has 92 valence electrons. The SMILES string of the molecule is CCCCCCCCCn1ccnc1CC. The summed E-state index contributed by atoms with van der Waals surface area (Å²) in [7, 11) is 0. The lowest BCUT2D eigenvalue weighted by atomic mass is 10.1. The predicted octanol–water partition coefficient (Wildman–Crippen LogP) is 4.20. The van der Waals surface area contributed by atoms with E-state index in [1.165, 1.54) is 50.8 Å². The summed E-state index contributed by atoms with van der Waals surface area (Å²) in [6.07, 6.45) is 14.7. The molecule has 0 aliphatic carbocycles. The first-order chi connectivity index (χ1) is 7.88. The fourth-order valence-electron chi connectivity index (χ4n) is 2.10. The summed E-state index contributed by atoms with van der Waals surface area (Å²) >= 11 is 0. The minimum absolute atomic E-state index is 1.05. The van der Waals surface area contributed by atoms with E-state index >= 15 is 0 Å². The van der Waals surface area contributed by atoms with Crippen molar-refractivity contribution in [2.24, 2.45) is 0 Å². The van der Waals surface area contributed by atoms with Gasteiger partial charge in [0.25, 0.3) is 0 Å². The average molecular weight is 222 g/mol. The summed E-state index contributed by atoms with van der Waals surface area (Å²) in [4.78, 5) is 4.34. The van der Waals surface area contributed by atoms with Gasteiger partial charge in [-0.15, -0.1) is 0 Å². The summed E-state index contributed by atoms with van der Waals surface area (Å²) in [6, 6.07) is 0. The molecular formula is C14H26N2. The lowest BCUT2D eigenvalue weighted by Crippen LogP contribution is -2.01. The Morgan fingerprint density at radius 1 is 1.00 bits per heavy atom. The third-order valence-electron chi connectivity index (χ3n) is 3.12. The molecule has 1 aromatic heterocycles. The molecule has 2 nitrogen and oxygen atoms in total. The van der Waals surface area contributed by atoms with Gasteiger partial charge in [0.15, 0.2) is 0 Å². The van der Waals surface area contributed by atoms with Crippen LogP contribution in [-0.4, -0.2) is 9.55 Å². The number of aryl methyl sites for hydroxylation is 2. The van der Waals surface area contributed by atoms with Gasteiger partial charge in [0.1, 0.15) is 5.82 Å². The van der Waals surface area contributed by atoms with E-state index in [1.54, 1.807) is 0 Å². The van der Waals surface area contributed by atoms with Crippen molar-refractivity contribution in [1.82, 2.24) is 9.55 Å². The van der Waals surface area contributed by atoms with Crippen molar-refractivity contribution in [3.63, 3.8) is 0 Å². The van der Waals surface area contributed by atoms with Crippen molar-refractivity contribution in [3.8, 4) is 0 Å². The molecule has 16 heavy (non-hydrogen) atoms. The molecule has 1 aromatic rings. The molecule has 1 rings (SSSR count). The smallest absolute Gasteiger partial charge is 0.108 e. The Labute approximate surface area is 100 Å². The molecule has 0 spiro atoms. The lowest BCUT2D eigenvalue weighted by Gasteiger charge is -2.06. The molecule has 0 fully saturated rings. The van der Waals surface area contributed by atoms with E-state index < -0.39 is 0 Å². The highest BCUT2D eigenvalue weighted by Gasteiger charge is 1.98. The second-order valence-electron chi connectivity index (χ2n) is 4.51. The van der Waals surface area contributed by atoms with E-state index in [2.05, 4.69) is 29.6 Å². The Balaban J connectivity index is 2.03. The maximum atomic E-state index is 4.34. The maximum Gasteiger partial charge on any atom is 0.108 e. The van der Waals surface area contributed by atoms with E-state index in [9.17, 15) is 0 Å². The lowest BCUT2D eigenvalue weighted by molar-refractivity contribution is 0.541. The molecule has 0 aliphatic rings. The van der Waals surface area contributed by atoms with Crippen LogP contribution in [-0.2, 0) is 13.0 Å². The molecule has 1 heterocycles. The summed E-state index contributed by atoms with van der Waals surface area (Å²) in [5, 5.41) is 0. The quantitative estimate of drug-likeness (QED) is 0.573. The molecule has 0 bridgehead atoms. The molecule has 0 radical (unpaired) electrons. The topological polar surface area (TPSA) is 17.8 Å². The number of hydrogen-bond donors (Lipinski definition) is 0.